The predicted octanol–water partition coefficient (Wildman–Crippen LogP) is 3.99. The molecule has 1 N–H and O–H groups in total. The molecular weight excluding hydrogens is 357 g/mol. The molecule has 2 aromatic carbocycles. The minimum absolute atomic E-state index is 0.102. The van der Waals surface area contributed by atoms with E-state index in [0.29, 0.717) is 6.42 Å². The predicted molar refractivity (Wildman–Crippen MR) is 91.6 cm³/mol. The Bertz CT molecular complexity index is 925. The fraction of sp³-hybridized carbons (Fsp3) is 0.300. The summed E-state index contributed by atoms with van der Waals surface area (Å²) >= 11 is 0. The van der Waals surface area contributed by atoms with Crippen molar-refractivity contribution < 1.29 is 22.8 Å². The van der Waals surface area contributed by atoms with Crippen molar-refractivity contribution in [1.82, 2.24) is 10.2 Å². The summed E-state index contributed by atoms with van der Waals surface area (Å²) in [5, 5.41) is 2.76. The van der Waals surface area contributed by atoms with Gasteiger partial charge in [-0.05, 0) is 42.0 Å². The number of amides is 3. The van der Waals surface area contributed by atoms with E-state index in [1.165, 1.54) is 18.2 Å². The van der Waals surface area contributed by atoms with E-state index >= 15 is 0 Å². The third-order valence-corrected chi connectivity index (χ3v) is 5.30. The van der Waals surface area contributed by atoms with Crippen molar-refractivity contribution in [3.05, 3.63) is 70.8 Å². The normalized spacial score (nSPS) is 22.1. The minimum atomic E-state index is -4.55. The zero-order chi connectivity index (χ0) is 19.2. The van der Waals surface area contributed by atoms with Gasteiger partial charge in [0.1, 0.15) is 5.54 Å². The molecule has 1 saturated heterocycles. The second kappa shape index (κ2) is 6.11. The monoisotopic (exact) mass is 374 g/mol. The molecule has 7 heteroatoms. The number of hydrogen-bond acceptors (Lipinski definition) is 2. The van der Waals surface area contributed by atoms with E-state index < -0.39 is 35.8 Å². The zero-order valence-electron chi connectivity index (χ0n) is 14.3. The van der Waals surface area contributed by atoms with Crippen LogP contribution in [0.1, 0.15) is 35.1 Å². The lowest BCUT2D eigenvalue weighted by Gasteiger charge is -2.33. The number of halogens is 3. The number of benzene rings is 2. The smallest absolute Gasteiger partial charge is 0.319 e. The molecular formula is C20H17F3N2O2. The van der Waals surface area contributed by atoms with Gasteiger partial charge >= 0.3 is 12.2 Å². The van der Waals surface area contributed by atoms with Crippen molar-refractivity contribution >= 4 is 11.9 Å². The number of nitrogens with one attached hydrogen (secondary N) is 1. The van der Waals surface area contributed by atoms with Crippen LogP contribution in [0, 0.1) is 0 Å². The van der Waals surface area contributed by atoms with Crippen LogP contribution in [0.25, 0.3) is 0 Å². The van der Waals surface area contributed by atoms with Crippen LogP contribution in [-0.4, -0.2) is 16.8 Å². The van der Waals surface area contributed by atoms with E-state index in [2.05, 4.69) is 5.32 Å². The first-order valence-corrected chi connectivity index (χ1v) is 8.70. The number of carbonyl (C=O) groups excluding carboxylic acids is 2. The number of nitrogens with zero attached hydrogens (tertiary/aromatic N) is 1. The highest BCUT2D eigenvalue weighted by atomic mass is 19.4. The van der Waals surface area contributed by atoms with Crippen LogP contribution in [-0.2, 0) is 29.5 Å². The van der Waals surface area contributed by atoms with Crippen LogP contribution >= 0.6 is 0 Å². The van der Waals surface area contributed by atoms with Gasteiger partial charge in [0.2, 0.25) is 0 Å². The topological polar surface area (TPSA) is 49.4 Å². The average Bonchev–Trinajstić information content (AvgIpc) is 2.87. The molecule has 1 aliphatic heterocycles. The summed E-state index contributed by atoms with van der Waals surface area (Å²) in [6.07, 6.45) is -2.59. The molecule has 0 radical (unpaired) electrons. The second-order valence-electron chi connectivity index (χ2n) is 6.89. The third-order valence-electron chi connectivity index (χ3n) is 5.30. The molecule has 0 bridgehead atoms. The molecule has 4 nitrogen and oxygen atoms in total. The summed E-state index contributed by atoms with van der Waals surface area (Å²) in [7, 11) is 0. The van der Waals surface area contributed by atoms with Gasteiger partial charge in [0.15, 0.2) is 0 Å². The van der Waals surface area contributed by atoms with Gasteiger partial charge in [0.05, 0.1) is 12.1 Å². The van der Waals surface area contributed by atoms with Crippen molar-refractivity contribution in [1.29, 1.82) is 0 Å². The number of alkyl halides is 3. The van der Waals surface area contributed by atoms with Crippen LogP contribution < -0.4 is 5.32 Å². The molecule has 0 aromatic heterocycles. The molecule has 0 saturated carbocycles. The first-order chi connectivity index (χ1) is 12.8. The largest absolute Gasteiger partial charge is 0.416 e. The summed E-state index contributed by atoms with van der Waals surface area (Å²) in [6, 6.07) is 11.7. The number of fused-ring (bicyclic) bond motifs is 2. The van der Waals surface area contributed by atoms with Gasteiger partial charge in [-0.15, -0.1) is 0 Å². The van der Waals surface area contributed by atoms with E-state index in [9.17, 15) is 22.8 Å². The van der Waals surface area contributed by atoms with E-state index in [1.807, 2.05) is 12.1 Å². The number of hydrogen-bond donors (Lipinski definition) is 1. The molecule has 3 amide bonds. The van der Waals surface area contributed by atoms with Crippen molar-refractivity contribution in [2.45, 2.75) is 37.5 Å². The first-order valence-electron chi connectivity index (χ1n) is 8.70. The lowest BCUT2D eigenvalue weighted by Crippen LogP contribution is -2.46. The van der Waals surface area contributed by atoms with Crippen LogP contribution in [0.4, 0.5) is 18.0 Å². The van der Waals surface area contributed by atoms with E-state index in [0.717, 1.165) is 34.9 Å². The Hall–Kier alpha value is -2.83. The third kappa shape index (κ3) is 2.78. The van der Waals surface area contributed by atoms with Crippen LogP contribution in [0.3, 0.4) is 0 Å². The summed E-state index contributed by atoms with van der Waals surface area (Å²) in [5.74, 6) is -0.489. The Labute approximate surface area is 154 Å². The fourth-order valence-corrected chi connectivity index (χ4v) is 4.06. The van der Waals surface area contributed by atoms with E-state index in [4.69, 9.17) is 0 Å². The van der Waals surface area contributed by atoms with Crippen molar-refractivity contribution in [2.75, 3.05) is 0 Å². The number of imide groups is 1. The zero-order valence-corrected chi connectivity index (χ0v) is 14.3. The van der Waals surface area contributed by atoms with Gasteiger partial charge in [-0.2, -0.15) is 13.2 Å². The van der Waals surface area contributed by atoms with E-state index in [-0.39, 0.29) is 5.56 Å². The summed E-state index contributed by atoms with van der Waals surface area (Å²) in [4.78, 5) is 26.6. The minimum Gasteiger partial charge on any atom is -0.319 e. The molecule has 1 aliphatic carbocycles. The number of rotatable bonds is 2. The summed E-state index contributed by atoms with van der Waals surface area (Å²) in [6.45, 7) is -0.412. The van der Waals surface area contributed by atoms with E-state index in [1.54, 1.807) is 12.1 Å². The van der Waals surface area contributed by atoms with Crippen molar-refractivity contribution in [3.8, 4) is 0 Å². The molecule has 1 spiro atoms. The standard InChI is InChI=1S/C20H17F3N2O2/c21-20(22,23)16-10-4-2-7-14(16)12-25-17(26)19(24-18(25)27)11-5-8-13-6-1-3-9-15(13)19/h1-4,6-7,9-10H,5,8,11-12H2,(H,24,27)/t19-/m1/s1. The maximum Gasteiger partial charge on any atom is 0.416 e. The summed E-state index contributed by atoms with van der Waals surface area (Å²) < 4.78 is 39.8. The Kier molecular flexibility index (Phi) is 3.98. The summed E-state index contributed by atoms with van der Waals surface area (Å²) in [5.41, 5.74) is -0.402. The fourth-order valence-electron chi connectivity index (χ4n) is 4.06. The van der Waals surface area contributed by atoms with Gasteiger partial charge in [0.25, 0.3) is 5.91 Å². The molecule has 27 heavy (non-hydrogen) atoms. The molecule has 4 rings (SSSR count). The van der Waals surface area contributed by atoms with Crippen LogP contribution in [0.15, 0.2) is 48.5 Å². The number of urea groups is 1. The van der Waals surface area contributed by atoms with Gasteiger partial charge in [-0.3, -0.25) is 9.69 Å². The second-order valence-corrected chi connectivity index (χ2v) is 6.89. The van der Waals surface area contributed by atoms with Gasteiger partial charge in [-0.25, -0.2) is 4.79 Å². The van der Waals surface area contributed by atoms with Gasteiger partial charge in [0, 0.05) is 0 Å². The lowest BCUT2D eigenvalue weighted by atomic mass is 9.76. The van der Waals surface area contributed by atoms with Crippen molar-refractivity contribution in [2.24, 2.45) is 0 Å². The molecule has 1 atom stereocenters. The Balaban J connectivity index is 1.71. The average molecular weight is 374 g/mol. The first kappa shape index (κ1) is 17.6. The highest BCUT2D eigenvalue weighted by Crippen LogP contribution is 2.41. The molecule has 2 aliphatic rings. The number of aryl methyl sites for hydroxylation is 1. The SMILES string of the molecule is O=C1N[C@@]2(CCCc3ccccc32)C(=O)N1Cc1ccccc1C(F)(F)F. The lowest BCUT2D eigenvalue weighted by molar-refractivity contribution is -0.139. The highest BCUT2D eigenvalue weighted by Gasteiger charge is 2.54. The molecule has 1 fully saturated rings. The maximum absolute atomic E-state index is 13.3. The van der Waals surface area contributed by atoms with Gasteiger partial charge < -0.3 is 5.32 Å². The Morgan fingerprint density at radius 2 is 1.74 bits per heavy atom. The molecule has 140 valence electrons. The maximum atomic E-state index is 13.3. The van der Waals surface area contributed by atoms with Crippen LogP contribution in [0.2, 0.25) is 0 Å². The van der Waals surface area contributed by atoms with Gasteiger partial charge in [-0.1, -0.05) is 42.5 Å². The Morgan fingerprint density at radius 1 is 1.04 bits per heavy atom. The molecule has 1 heterocycles. The number of carbonyl (C=O) groups is 2. The van der Waals surface area contributed by atoms with Crippen molar-refractivity contribution in [3.63, 3.8) is 0 Å². The quantitative estimate of drug-likeness (QED) is 0.808. The highest BCUT2D eigenvalue weighted by molar-refractivity contribution is 6.07. The van der Waals surface area contributed by atoms with Crippen LogP contribution in [0.5, 0.6) is 0 Å². The Morgan fingerprint density at radius 3 is 2.52 bits per heavy atom. The molecule has 2 aromatic rings. The molecule has 0 unspecified atom stereocenters.